The fourth-order valence-electron chi connectivity index (χ4n) is 2.58. The van der Waals surface area contributed by atoms with Crippen LogP contribution in [0.5, 0.6) is 0 Å². The normalized spacial score (nSPS) is 12.3. The predicted octanol–water partition coefficient (Wildman–Crippen LogP) is 3.93. The van der Waals surface area contributed by atoms with Crippen LogP contribution in [0.2, 0.25) is 0 Å². The molecule has 3 aromatic rings. The van der Waals surface area contributed by atoms with Gasteiger partial charge < -0.3 is 5.32 Å². The fourth-order valence-corrected chi connectivity index (χ4v) is 4.82. The molecule has 0 aliphatic heterocycles. The summed E-state index contributed by atoms with van der Waals surface area (Å²) < 4.78 is 66.5. The number of hydrogen-bond acceptors (Lipinski definition) is 5. The van der Waals surface area contributed by atoms with E-state index in [9.17, 15) is 26.4 Å². The summed E-state index contributed by atoms with van der Waals surface area (Å²) in [6, 6.07) is 9.50. The molecule has 11 heteroatoms. The van der Waals surface area contributed by atoms with Crippen LogP contribution in [0.4, 0.5) is 18.3 Å². The van der Waals surface area contributed by atoms with E-state index in [1.165, 1.54) is 17.4 Å². The Bertz CT molecular complexity index is 1160. The molecule has 0 radical (unpaired) electrons. The average Bonchev–Trinajstić information content (AvgIpc) is 3.02. The van der Waals surface area contributed by atoms with Crippen molar-refractivity contribution < 1.29 is 26.4 Å². The summed E-state index contributed by atoms with van der Waals surface area (Å²) in [5.41, 5.74) is 0.509. The van der Waals surface area contributed by atoms with Gasteiger partial charge in [0.2, 0.25) is 15.9 Å². The molecule has 0 bridgehead atoms. The Morgan fingerprint density at radius 3 is 2.62 bits per heavy atom. The molecule has 2 aromatic carbocycles. The highest BCUT2D eigenvalue weighted by Crippen LogP contribution is 2.33. The predicted molar refractivity (Wildman–Crippen MR) is 104 cm³/mol. The van der Waals surface area contributed by atoms with E-state index in [1.807, 2.05) is 29.8 Å². The van der Waals surface area contributed by atoms with Crippen LogP contribution >= 0.6 is 11.3 Å². The third-order valence-corrected chi connectivity index (χ3v) is 6.37. The van der Waals surface area contributed by atoms with Gasteiger partial charge in [-0.3, -0.25) is 4.79 Å². The molecule has 0 aliphatic rings. The molecule has 2 N–H and O–H groups in total. The number of sulfonamides is 1. The average molecular weight is 443 g/mol. The number of halogens is 3. The van der Waals surface area contributed by atoms with E-state index in [4.69, 9.17) is 0 Å². The van der Waals surface area contributed by atoms with Gasteiger partial charge in [0.05, 0.1) is 20.7 Å². The maximum Gasteiger partial charge on any atom is 0.417 e. The van der Waals surface area contributed by atoms with Gasteiger partial charge >= 0.3 is 6.18 Å². The number of amides is 1. The lowest BCUT2D eigenvalue weighted by Crippen LogP contribution is -2.29. The first-order valence-electron chi connectivity index (χ1n) is 8.39. The van der Waals surface area contributed by atoms with Gasteiger partial charge in [-0.05, 0) is 36.8 Å². The van der Waals surface area contributed by atoms with Crippen LogP contribution in [0, 0.1) is 6.92 Å². The molecule has 0 saturated heterocycles. The maximum absolute atomic E-state index is 13.0. The van der Waals surface area contributed by atoms with Crippen LogP contribution in [0.1, 0.15) is 17.5 Å². The molecule has 0 atom stereocenters. The van der Waals surface area contributed by atoms with Gasteiger partial charge in [0.1, 0.15) is 0 Å². The third-order valence-electron chi connectivity index (χ3n) is 3.92. The standard InChI is InChI=1S/C18H16F3N3O3S2/c1-11-6-7-13-14(10-11)28-17(23-13)24-16(25)8-9-22-29(26,27)15-5-3-2-4-12(15)18(19,20)21/h2-7,10,22H,8-9H2,1H3,(H,23,24,25). The van der Waals surface area contributed by atoms with Crippen molar-refractivity contribution in [2.45, 2.75) is 24.4 Å². The van der Waals surface area contributed by atoms with Gasteiger partial charge in [0, 0.05) is 13.0 Å². The highest BCUT2D eigenvalue weighted by molar-refractivity contribution is 7.89. The smallest absolute Gasteiger partial charge is 0.302 e. The van der Waals surface area contributed by atoms with E-state index in [1.54, 1.807) is 0 Å². The Morgan fingerprint density at radius 1 is 1.17 bits per heavy atom. The minimum Gasteiger partial charge on any atom is -0.302 e. The molecular weight excluding hydrogens is 427 g/mol. The van der Waals surface area contributed by atoms with Crippen molar-refractivity contribution in [1.29, 1.82) is 0 Å². The third kappa shape index (κ3) is 5.11. The van der Waals surface area contributed by atoms with Crippen LogP contribution < -0.4 is 10.0 Å². The van der Waals surface area contributed by atoms with Gasteiger partial charge in [-0.15, -0.1) is 0 Å². The number of nitrogens with one attached hydrogen (secondary N) is 2. The SMILES string of the molecule is Cc1ccc2nc(NC(=O)CCNS(=O)(=O)c3ccccc3C(F)(F)F)sc2c1. The summed E-state index contributed by atoms with van der Waals surface area (Å²) >= 11 is 1.27. The van der Waals surface area contributed by atoms with Crippen LogP contribution in [-0.2, 0) is 21.0 Å². The lowest BCUT2D eigenvalue weighted by atomic mass is 10.2. The number of benzene rings is 2. The van der Waals surface area contributed by atoms with Crippen molar-refractivity contribution in [2.24, 2.45) is 0 Å². The summed E-state index contributed by atoms with van der Waals surface area (Å²) in [5.74, 6) is -0.507. The summed E-state index contributed by atoms with van der Waals surface area (Å²) in [5, 5.41) is 2.93. The number of nitrogens with zero attached hydrogens (tertiary/aromatic N) is 1. The van der Waals surface area contributed by atoms with Crippen LogP contribution in [0.25, 0.3) is 10.2 Å². The lowest BCUT2D eigenvalue weighted by Gasteiger charge is -2.13. The van der Waals surface area contributed by atoms with Gasteiger partial charge in [0.15, 0.2) is 5.13 Å². The fraction of sp³-hybridized carbons (Fsp3) is 0.222. The van der Waals surface area contributed by atoms with Crippen LogP contribution in [0.15, 0.2) is 47.4 Å². The molecule has 1 amide bonds. The Morgan fingerprint density at radius 2 is 1.90 bits per heavy atom. The summed E-state index contributed by atoms with van der Waals surface area (Å²) in [7, 11) is -4.43. The van der Waals surface area contributed by atoms with Crippen LogP contribution in [-0.4, -0.2) is 25.9 Å². The second kappa shape index (κ2) is 8.09. The van der Waals surface area contributed by atoms with E-state index < -0.39 is 32.6 Å². The molecule has 0 fully saturated rings. The molecule has 0 unspecified atom stereocenters. The zero-order chi connectivity index (χ0) is 21.2. The quantitative estimate of drug-likeness (QED) is 0.604. The number of thiazole rings is 1. The summed E-state index contributed by atoms with van der Waals surface area (Å²) in [4.78, 5) is 15.4. The number of alkyl halides is 3. The molecule has 0 aliphatic carbocycles. The van der Waals surface area contributed by atoms with E-state index in [2.05, 4.69) is 10.3 Å². The number of fused-ring (bicyclic) bond motifs is 1. The van der Waals surface area contributed by atoms with Crippen molar-refractivity contribution in [3.63, 3.8) is 0 Å². The number of hydrogen-bond donors (Lipinski definition) is 2. The molecule has 1 aromatic heterocycles. The number of carbonyl (C=O) groups is 1. The number of aryl methyl sites for hydroxylation is 1. The Labute approximate surface area is 168 Å². The highest BCUT2D eigenvalue weighted by Gasteiger charge is 2.36. The number of carbonyl (C=O) groups excluding carboxylic acids is 1. The zero-order valence-electron chi connectivity index (χ0n) is 15.1. The van der Waals surface area contributed by atoms with Crippen molar-refractivity contribution in [3.05, 3.63) is 53.6 Å². The highest BCUT2D eigenvalue weighted by atomic mass is 32.2. The molecule has 29 heavy (non-hydrogen) atoms. The van der Waals surface area contributed by atoms with Gasteiger partial charge in [-0.2, -0.15) is 13.2 Å². The van der Waals surface area contributed by atoms with E-state index in [0.717, 1.165) is 27.9 Å². The lowest BCUT2D eigenvalue weighted by molar-refractivity contribution is -0.139. The van der Waals surface area contributed by atoms with Crippen molar-refractivity contribution >= 4 is 42.6 Å². The Hall–Kier alpha value is -2.50. The molecule has 0 saturated carbocycles. The molecular formula is C18H16F3N3O3S2. The van der Waals surface area contributed by atoms with Crippen molar-refractivity contribution in [3.8, 4) is 0 Å². The summed E-state index contributed by atoms with van der Waals surface area (Å²) in [6.07, 6.45) is -5.07. The second-order valence-corrected chi connectivity index (χ2v) is 8.95. The first-order valence-corrected chi connectivity index (χ1v) is 10.7. The minimum atomic E-state index is -4.81. The Balaban J connectivity index is 1.62. The van der Waals surface area contributed by atoms with Gasteiger partial charge in [-0.1, -0.05) is 29.5 Å². The molecule has 0 spiro atoms. The topological polar surface area (TPSA) is 88.2 Å². The molecule has 1 heterocycles. The number of aromatic nitrogens is 1. The van der Waals surface area contributed by atoms with E-state index in [-0.39, 0.29) is 13.0 Å². The monoisotopic (exact) mass is 443 g/mol. The molecule has 154 valence electrons. The molecule has 3 rings (SSSR count). The zero-order valence-corrected chi connectivity index (χ0v) is 16.7. The van der Waals surface area contributed by atoms with Gasteiger partial charge in [0.25, 0.3) is 0 Å². The van der Waals surface area contributed by atoms with Crippen molar-refractivity contribution in [2.75, 3.05) is 11.9 Å². The maximum atomic E-state index is 13.0. The van der Waals surface area contributed by atoms with Crippen molar-refractivity contribution in [1.82, 2.24) is 9.71 Å². The number of rotatable bonds is 6. The first kappa shape index (κ1) is 21.2. The van der Waals surface area contributed by atoms with Crippen LogP contribution in [0.3, 0.4) is 0 Å². The first-order chi connectivity index (χ1) is 13.6. The van der Waals surface area contributed by atoms with Gasteiger partial charge in [-0.25, -0.2) is 18.1 Å². The molecule has 6 nitrogen and oxygen atoms in total. The largest absolute Gasteiger partial charge is 0.417 e. The van der Waals surface area contributed by atoms with E-state index >= 15 is 0 Å². The Kier molecular flexibility index (Phi) is 5.92. The second-order valence-electron chi connectivity index (χ2n) is 6.18. The number of anilines is 1. The summed E-state index contributed by atoms with van der Waals surface area (Å²) in [6.45, 7) is 1.57. The minimum absolute atomic E-state index is 0.262. The van der Waals surface area contributed by atoms with E-state index in [0.29, 0.717) is 11.2 Å².